The first kappa shape index (κ1) is 17.8. The number of carboxylic acids is 1. The highest BCUT2D eigenvalue weighted by atomic mass is 32.1. The number of hydrogen-bond acceptors (Lipinski definition) is 6. The normalized spacial score (nSPS) is 10.8. The van der Waals surface area contributed by atoms with Crippen molar-refractivity contribution in [1.82, 2.24) is 24.5 Å². The van der Waals surface area contributed by atoms with Crippen molar-refractivity contribution in [1.29, 1.82) is 0 Å². The number of aliphatic carboxylic acids is 1. The third kappa shape index (κ3) is 3.80. The zero-order valence-electron chi connectivity index (χ0n) is 14.3. The molecule has 0 aliphatic heterocycles. The van der Waals surface area contributed by atoms with Crippen LogP contribution in [0.1, 0.15) is 29.5 Å². The fraction of sp³-hybridized carbons (Fsp3) is 0.312. The van der Waals surface area contributed by atoms with Crippen LogP contribution in [0.25, 0.3) is 11.3 Å². The molecule has 0 radical (unpaired) electrons. The van der Waals surface area contributed by atoms with Gasteiger partial charge in [-0.15, -0.1) is 11.3 Å². The SMILES string of the molecule is CCn1ncc(-c2csc(NC(=O)c3ccn(CCC(=O)O)n3)n2)c1C. The second kappa shape index (κ2) is 7.48. The first-order valence-corrected chi connectivity index (χ1v) is 8.90. The molecule has 0 aliphatic rings. The Hall–Kier alpha value is -3.01. The molecule has 0 saturated heterocycles. The molecule has 3 heterocycles. The Balaban J connectivity index is 1.68. The van der Waals surface area contributed by atoms with Gasteiger partial charge in [0.1, 0.15) is 0 Å². The maximum absolute atomic E-state index is 12.3. The van der Waals surface area contributed by atoms with Gasteiger partial charge >= 0.3 is 5.97 Å². The molecule has 3 rings (SSSR count). The van der Waals surface area contributed by atoms with Crippen molar-refractivity contribution >= 4 is 28.3 Å². The summed E-state index contributed by atoms with van der Waals surface area (Å²) in [4.78, 5) is 27.3. The average Bonchev–Trinajstić information content (AvgIpc) is 3.32. The molecule has 10 heteroatoms. The van der Waals surface area contributed by atoms with E-state index in [4.69, 9.17) is 5.11 Å². The second-order valence-corrected chi connectivity index (χ2v) is 6.42. The van der Waals surface area contributed by atoms with Gasteiger partial charge in [0.15, 0.2) is 10.8 Å². The fourth-order valence-electron chi connectivity index (χ4n) is 2.45. The summed E-state index contributed by atoms with van der Waals surface area (Å²) in [7, 11) is 0. The number of anilines is 1. The molecule has 9 nitrogen and oxygen atoms in total. The number of thiazole rings is 1. The van der Waals surface area contributed by atoms with Crippen LogP contribution in [0, 0.1) is 6.92 Å². The Morgan fingerprint density at radius 3 is 2.88 bits per heavy atom. The van der Waals surface area contributed by atoms with Crippen molar-refractivity contribution in [2.75, 3.05) is 5.32 Å². The minimum atomic E-state index is -0.913. The molecule has 0 fully saturated rings. The third-order valence-electron chi connectivity index (χ3n) is 3.83. The van der Waals surface area contributed by atoms with E-state index in [0.29, 0.717) is 5.13 Å². The van der Waals surface area contributed by atoms with E-state index >= 15 is 0 Å². The van der Waals surface area contributed by atoms with E-state index in [1.165, 1.54) is 16.0 Å². The Kier molecular flexibility index (Phi) is 5.12. The number of carbonyl (C=O) groups is 2. The molecule has 136 valence electrons. The maximum Gasteiger partial charge on any atom is 0.305 e. The first-order valence-electron chi connectivity index (χ1n) is 8.02. The Morgan fingerprint density at radius 2 is 2.19 bits per heavy atom. The number of aryl methyl sites for hydroxylation is 2. The molecule has 3 aromatic heterocycles. The van der Waals surface area contributed by atoms with E-state index in [2.05, 4.69) is 20.5 Å². The van der Waals surface area contributed by atoms with Crippen LogP contribution in [0.5, 0.6) is 0 Å². The topological polar surface area (TPSA) is 115 Å². The standard InChI is InChI=1S/C16H18N6O3S/c1-3-22-10(2)11(8-17-22)13-9-26-16(18-13)19-15(25)12-4-6-21(20-12)7-5-14(23)24/h4,6,8-9H,3,5,7H2,1-2H3,(H,23,24)(H,18,19,25). The van der Waals surface area contributed by atoms with Crippen LogP contribution in [-0.2, 0) is 17.9 Å². The highest BCUT2D eigenvalue weighted by molar-refractivity contribution is 7.14. The lowest BCUT2D eigenvalue weighted by atomic mass is 10.2. The molecule has 0 unspecified atom stereocenters. The fourth-order valence-corrected chi connectivity index (χ4v) is 3.16. The van der Waals surface area contributed by atoms with Crippen LogP contribution in [-0.4, -0.2) is 41.5 Å². The van der Waals surface area contributed by atoms with Crippen LogP contribution in [0.2, 0.25) is 0 Å². The molecule has 1 amide bonds. The molecule has 2 N–H and O–H groups in total. The summed E-state index contributed by atoms with van der Waals surface area (Å²) in [6, 6.07) is 1.54. The van der Waals surface area contributed by atoms with Crippen molar-refractivity contribution in [3.8, 4) is 11.3 Å². The Bertz CT molecular complexity index is 942. The minimum Gasteiger partial charge on any atom is -0.481 e. The highest BCUT2D eigenvalue weighted by Crippen LogP contribution is 2.27. The van der Waals surface area contributed by atoms with Crippen LogP contribution in [0.15, 0.2) is 23.8 Å². The van der Waals surface area contributed by atoms with Gasteiger partial charge < -0.3 is 5.11 Å². The zero-order valence-corrected chi connectivity index (χ0v) is 15.2. The first-order chi connectivity index (χ1) is 12.5. The molecule has 0 aromatic carbocycles. The largest absolute Gasteiger partial charge is 0.481 e. The van der Waals surface area contributed by atoms with Gasteiger partial charge in [0.05, 0.1) is 24.9 Å². The van der Waals surface area contributed by atoms with E-state index in [9.17, 15) is 9.59 Å². The lowest BCUT2D eigenvalue weighted by Crippen LogP contribution is -2.13. The summed E-state index contributed by atoms with van der Waals surface area (Å²) in [6.07, 6.45) is 3.29. The average molecular weight is 374 g/mol. The number of carbonyl (C=O) groups excluding carboxylic acids is 1. The lowest BCUT2D eigenvalue weighted by molar-refractivity contribution is -0.137. The van der Waals surface area contributed by atoms with Crippen molar-refractivity contribution in [3.63, 3.8) is 0 Å². The Labute approximate surface area is 153 Å². The predicted molar refractivity (Wildman–Crippen MR) is 96.2 cm³/mol. The van der Waals surface area contributed by atoms with Gasteiger partial charge in [0, 0.05) is 29.4 Å². The van der Waals surface area contributed by atoms with Crippen LogP contribution in [0.4, 0.5) is 5.13 Å². The summed E-state index contributed by atoms with van der Waals surface area (Å²) >= 11 is 1.32. The van der Waals surface area contributed by atoms with Crippen molar-refractivity contribution in [3.05, 3.63) is 35.2 Å². The van der Waals surface area contributed by atoms with E-state index in [-0.39, 0.29) is 24.6 Å². The van der Waals surface area contributed by atoms with Crippen LogP contribution >= 0.6 is 11.3 Å². The molecule has 0 spiro atoms. The summed E-state index contributed by atoms with van der Waals surface area (Å²) in [6.45, 7) is 4.99. The predicted octanol–water partition coefficient (Wildman–Crippen LogP) is 2.26. The quantitative estimate of drug-likeness (QED) is 0.655. The number of amides is 1. The second-order valence-electron chi connectivity index (χ2n) is 5.56. The summed E-state index contributed by atoms with van der Waals surface area (Å²) in [5.41, 5.74) is 2.92. The Morgan fingerprint density at radius 1 is 1.38 bits per heavy atom. The monoisotopic (exact) mass is 374 g/mol. The summed E-state index contributed by atoms with van der Waals surface area (Å²) < 4.78 is 3.31. The third-order valence-corrected chi connectivity index (χ3v) is 4.59. The minimum absolute atomic E-state index is 0.0522. The van der Waals surface area contributed by atoms with Gasteiger partial charge in [-0.25, -0.2) is 4.98 Å². The van der Waals surface area contributed by atoms with Gasteiger partial charge in [-0.1, -0.05) is 0 Å². The number of rotatable bonds is 7. The molecule has 0 aliphatic carbocycles. The van der Waals surface area contributed by atoms with E-state index in [1.807, 2.05) is 23.9 Å². The van der Waals surface area contributed by atoms with E-state index < -0.39 is 5.97 Å². The molecular formula is C16H18N6O3S. The van der Waals surface area contributed by atoms with Crippen LogP contribution in [0.3, 0.4) is 0 Å². The smallest absolute Gasteiger partial charge is 0.305 e. The number of aromatic nitrogens is 5. The number of carboxylic acid groups (broad SMARTS) is 1. The molecule has 0 atom stereocenters. The van der Waals surface area contributed by atoms with E-state index in [1.54, 1.807) is 18.5 Å². The maximum atomic E-state index is 12.3. The summed E-state index contributed by atoms with van der Waals surface area (Å²) in [5, 5.41) is 22.1. The van der Waals surface area contributed by atoms with E-state index in [0.717, 1.165) is 23.5 Å². The number of nitrogens with zero attached hydrogens (tertiary/aromatic N) is 5. The van der Waals surface area contributed by atoms with Gasteiger partial charge in [-0.2, -0.15) is 10.2 Å². The molecule has 0 bridgehead atoms. The molecule has 26 heavy (non-hydrogen) atoms. The molecule has 3 aromatic rings. The number of nitrogens with one attached hydrogen (secondary N) is 1. The van der Waals surface area contributed by atoms with Crippen molar-refractivity contribution in [2.24, 2.45) is 0 Å². The summed E-state index contributed by atoms with van der Waals surface area (Å²) in [5.74, 6) is -1.30. The zero-order chi connectivity index (χ0) is 18.7. The molecular weight excluding hydrogens is 356 g/mol. The van der Waals surface area contributed by atoms with Gasteiger partial charge in [-0.3, -0.25) is 24.3 Å². The van der Waals surface area contributed by atoms with Gasteiger partial charge in [0.25, 0.3) is 5.91 Å². The lowest BCUT2D eigenvalue weighted by Gasteiger charge is -2.00. The van der Waals surface area contributed by atoms with Gasteiger partial charge in [0.2, 0.25) is 0 Å². The highest BCUT2D eigenvalue weighted by Gasteiger charge is 2.15. The van der Waals surface area contributed by atoms with Crippen LogP contribution < -0.4 is 5.32 Å². The van der Waals surface area contributed by atoms with Crippen molar-refractivity contribution < 1.29 is 14.7 Å². The number of hydrogen-bond donors (Lipinski definition) is 2. The van der Waals surface area contributed by atoms with Crippen molar-refractivity contribution in [2.45, 2.75) is 33.4 Å². The molecule has 0 saturated carbocycles. The van der Waals surface area contributed by atoms with Gasteiger partial charge in [-0.05, 0) is 19.9 Å².